The Bertz CT molecular complexity index is 272. The zero-order chi connectivity index (χ0) is 8.97. The van der Waals surface area contributed by atoms with E-state index in [1.807, 2.05) is 6.92 Å². The third-order valence-corrected chi connectivity index (χ3v) is 2.07. The van der Waals surface area contributed by atoms with E-state index in [4.69, 9.17) is 0 Å². The molecule has 66 valence electrons. The van der Waals surface area contributed by atoms with Crippen molar-refractivity contribution >= 4 is 23.3 Å². The Balaban J connectivity index is 2.68. The number of hydrogen-bond acceptors (Lipinski definition) is 4. The molecule has 4 nitrogen and oxygen atoms in total. The third-order valence-electron chi connectivity index (χ3n) is 1.40. The normalized spacial score (nSPS) is 9.50. The van der Waals surface area contributed by atoms with Crippen LogP contribution >= 0.6 is 11.5 Å². The zero-order valence-corrected chi connectivity index (χ0v) is 7.77. The van der Waals surface area contributed by atoms with Crippen molar-refractivity contribution in [2.45, 2.75) is 13.3 Å². The van der Waals surface area contributed by atoms with Gasteiger partial charge in [0.05, 0.1) is 18.5 Å². The minimum atomic E-state index is -0.454. The maximum absolute atomic E-state index is 10.8. The van der Waals surface area contributed by atoms with Gasteiger partial charge >= 0.3 is 6.09 Å². The van der Waals surface area contributed by atoms with Crippen LogP contribution in [0.4, 0.5) is 10.5 Å². The fourth-order valence-electron chi connectivity index (χ4n) is 0.777. The van der Waals surface area contributed by atoms with Gasteiger partial charge in [0.1, 0.15) is 0 Å². The average molecular weight is 186 g/mol. The molecular weight excluding hydrogens is 176 g/mol. The Labute approximate surface area is 74.7 Å². The molecule has 0 bridgehead atoms. The summed E-state index contributed by atoms with van der Waals surface area (Å²) in [5.74, 6) is 0. The number of ether oxygens (including phenoxy) is 1. The SMILES string of the molecule is CCc1nscc1NC(=O)OC. The number of aromatic nitrogens is 1. The molecule has 5 heteroatoms. The zero-order valence-electron chi connectivity index (χ0n) is 6.96. The quantitative estimate of drug-likeness (QED) is 0.767. The number of amides is 1. The van der Waals surface area contributed by atoms with E-state index in [9.17, 15) is 4.79 Å². The summed E-state index contributed by atoms with van der Waals surface area (Å²) in [6, 6.07) is 0. The summed E-state index contributed by atoms with van der Waals surface area (Å²) in [7, 11) is 1.33. The summed E-state index contributed by atoms with van der Waals surface area (Å²) >= 11 is 1.32. The van der Waals surface area contributed by atoms with Gasteiger partial charge in [0.2, 0.25) is 0 Å². The molecule has 1 heterocycles. The molecule has 1 aromatic rings. The smallest absolute Gasteiger partial charge is 0.411 e. The predicted octanol–water partition coefficient (Wildman–Crippen LogP) is 1.88. The minimum absolute atomic E-state index is 0.454. The molecule has 1 amide bonds. The van der Waals surface area contributed by atoms with Gasteiger partial charge in [-0.3, -0.25) is 5.32 Å². The number of nitrogens with zero attached hydrogens (tertiary/aromatic N) is 1. The molecule has 1 rings (SSSR count). The second-order valence-corrected chi connectivity index (χ2v) is 2.77. The van der Waals surface area contributed by atoms with E-state index in [1.54, 1.807) is 5.38 Å². The Morgan fingerprint density at radius 1 is 1.83 bits per heavy atom. The van der Waals surface area contributed by atoms with Crippen LogP contribution in [0.25, 0.3) is 0 Å². The van der Waals surface area contributed by atoms with E-state index in [0.29, 0.717) is 0 Å². The van der Waals surface area contributed by atoms with Crippen LogP contribution in [0.1, 0.15) is 12.6 Å². The lowest BCUT2D eigenvalue weighted by Crippen LogP contribution is -2.11. The fraction of sp³-hybridized carbons (Fsp3) is 0.429. The first-order valence-corrected chi connectivity index (χ1v) is 4.39. The standard InChI is InChI=1S/C7H10N2O2S/c1-3-5-6(4-12-9-5)8-7(10)11-2/h4H,3H2,1-2H3,(H,8,10). The van der Waals surface area contributed by atoms with Crippen molar-refractivity contribution in [2.75, 3.05) is 12.4 Å². The maximum atomic E-state index is 10.8. The Morgan fingerprint density at radius 2 is 2.58 bits per heavy atom. The topological polar surface area (TPSA) is 51.2 Å². The highest BCUT2D eigenvalue weighted by molar-refractivity contribution is 7.04. The van der Waals surface area contributed by atoms with Crippen LogP contribution in [-0.2, 0) is 11.2 Å². The number of anilines is 1. The van der Waals surface area contributed by atoms with Gasteiger partial charge in [-0.1, -0.05) is 6.92 Å². The average Bonchev–Trinajstić information content (AvgIpc) is 2.51. The lowest BCUT2D eigenvalue weighted by Gasteiger charge is -2.01. The molecule has 0 aliphatic rings. The van der Waals surface area contributed by atoms with E-state index in [-0.39, 0.29) is 0 Å². The summed E-state index contributed by atoms with van der Waals surface area (Å²) in [6.45, 7) is 1.98. The lowest BCUT2D eigenvalue weighted by atomic mass is 10.3. The molecule has 0 saturated heterocycles. The third kappa shape index (κ3) is 1.94. The van der Waals surface area contributed by atoms with E-state index in [1.165, 1.54) is 18.6 Å². The van der Waals surface area contributed by atoms with Crippen molar-refractivity contribution in [1.82, 2.24) is 4.37 Å². The van der Waals surface area contributed by atoms with Crippen LogP contribution in [0.5, 0.6) is 0 Å². The summed E-state index contributed by atoms with van der Waals surface area (Å²) in [4.78, 5) is 10.8. The molecule has 0 aromatic carbocycles. The Morgan fingerprint density at radius 3 is 3.17 bits per heavy atom. The number of nitrogens with one attached hydrogen (secondary N) is 1. The molecule has 0 atom stereocenters. The molecule has 0 spiro atoms. The van der Waals surface area contributed by atoms with Gasteiger partial charge in [0, 0.05) is 5.38 Å². The molecule has 0 aliphatic heterocycles. The lowest BCUT2D eigenvalue weighted by molar-refractivity contribution is 0.187. The first-order chi connectivity index (χ1) is 5.77. The molecular formula is C7H10N2O2S. The van der Waals surface area contributed by atoms with Crippen molar-refractivity contribution in [3.05, 3.63) is 11.1 Å². The first kappa shape index (κ1) is 8.99. The maximum Gasteiger partial charge on any atom is 0.411 e. The van der Waals surface area contributed by atoms with Crippen molar-refractivity contribution in [3.63, 3.8) is 0 Å². The molecule has 0 saturated carbocycles. The van der Waals surface area contributed by atoms with Crippen molar-refractivity contribution in [3.8, 4) is 0 Å². The van der Waals surface area contributed by atoms with Gasteiger partial charge in [-0.05, 0) is 18.0 Å². The number of methoxy groups -OCH3 is 1. The number of hydrogen-bond donors (Lipinski definition) is 1. The summed E-state index contributed by atoms with van der Waals surface area (Å²) in [5, 5.41) is 4.37. The van der Waals surface area contributed by atoms with Crippen LogP contribution in [-0.4, -0.2) is 17.6 Å². The molecule has 1 aromatic heterocycles. The van der Waals surface area contributed by atoms with Gasteiger partial charge in [0.25, 0.3) is 0 Å². The number of carbonyl (C=O) groups is 1. The van der Waals surface area contributed by atoms with Gasteiger partial charge < -0.3 is 4.74 Å². The van der Waals surface area contributed by atoms with Crippen molar-refractivity contribution in [2.24, 2.45) is 0 Å². The van der Waals surface area contributed by atoms with Crippen LogP contribution in [0.3, 0.4) is 0 Å². The van der Waals surface area contributed by atoms with Crippen LogP contribution in [0, 0.1) is 0 Å². The monoisotopic (exact) mass is 186 g/mol. The van der Waals surface area contributed by atoms with E-state index in [0.717, 1.165) is 17.8 Å². The molecule has 0 unspecified atom stereocenters. The van der Waals surface area contributed by atoms with Gasteiger partial charge in [-0.15, -0.1) is 0 Å². The summed E-state index contributed by atoms with van der Waals surface area (Å²) in [5.41, 5.74) is 1.64. The highest BCUT2D eigenvalue weighted by Crippen LogP contribution is 2.17. The highest BCUT2D eigenvalue weighted by Gasteiger charge is 2.06. The summed E-state index contributed by atoms with van der Waals surface area (Å²) in [6.07, 6.45) is 0.355. The van der Waals surface area contributed by atoms with E-state index in [2.05, 4.69) is 14.4 Å². The van der Waals surface area contributed by atoms with Crippen molar-refractivity contribution in [1.29, 1.82) is 0 Å². The largest absolute Gasteiger partial charge is 0.453 e. The molecule has 0 radical (unpaired) electrons. The van der Waals surface area contributed by atoms with E-state index < -0.39 is 6.09 Å². The number of rotatable bonds is 2. The Hall–Kier alpha value is -1.10. The second kappa shape index (κ2) is 4.06. The highest BCUT2D eigenvalue weighted by atomic mass is 32.1. The van der Waals surface area contributed by atoms with E-state index >= 15 is 0 Å². The first-order valence-electron chi connectivity index (χ1n) is 3.56. The molecule has 0 aliphatic carbocycles. The van der Waals surface area contributed by atoms with Crippen LogP contribution in [0.15, 0.2) is 5.38 Å². The van der Waals surface area contributed by atoms with Gasteiger partial charge in [0.15, 0.2) is 0 Å². The number of aryl methyl sites for hydroxylation is 1. The van der Waals surface area contributed by atoms with Crippen LogP contribution in [0.2, 0.25) is 0 Å². The fourth-order valence-corrected chi connectivity index (χ4v) is 1.49. The number of carbonyl (C=O) groups excluding carboxylic acids is 1. The van der Waals surface area contributed by atoms with Crippen molar-refractivity contribution < 1.29 is 9.53 Å². The molecule has 1 N–H and O–H groups in total. The predicted molar refractivity (Wildman–Crippen MR) is 47.5 cm³/mol. The Kier molecular flexibility index (Phi) is 3.04. The van der Waals surface area contributed by atoms with Crippen LogP contribution < -0.4 is 5.32 Å². The van der Waals surface area contributed by atoms with Gasteiger partial charge in [-0.2, -0.15) is 4.37 Å². The second-order valence-electron chi connectivity index (χ2n) is 2.15. The van der Waals surface area contributed by atoms with Gasteiger partial charge in [-0.25, -0.2) is 4.79 Å². The minimum Gasteiger partial charge on any atom is -0.453 e. The molecule has 0 fully saturated rings. The summed E-state index contributed by atoms with van der Waals surface area (Å²) < 4.78 is 8.54. The molecule has 12 heavy (non-hydrogen) atoms.